The van der Waals surface area contributed by atoms with E-state index in [0.29, 0.717) is 10.0 Å². The summed E-state index contributed by atoms with van der Waals surface area (Å²) >= 11 is 3.17. The molecule has 0 heterocycles. The summed E-state index contributed by atoms with van der Waals surface area (Å²) < 4.78 is 19.7. The lowest BCUT2D eigenvalue weighted by molar-refractivity contribution is 0.260. The van der Waals surface area contributed by atoms with Crippen molar-refractivity contribution >= 4 is 27.5 Å². The van der Waals surface area contributed by atoms with Gasteiger partial charge in [0.15, 0.2) is 0 Å². The Bertz CT molecular complexity index is 856. The average Bonchev–Trinajstić information content (AvgIpc) is 2.75. The highest BCUT2D eigenvalue weighted by atomic mass is 79.9. The zero-order chi connectivity index (χ0) is 21.9. The van der Waals surface area contributed by atoms with Crippen LogP contribution in [0.5, 0.6) is 5.75 Å². The molecule has 2 aromatic rings. The van der Waals surface area contributed by atoms with E-state index in [-0.39, 0.29) is 12.6 Å². The van der Waals surface area contributed by atoms with Gasteiger partial charge in [0.25, 0.3) is 0 Å². The molecule has 0 aliphatic rings. The fourth-order valence-corrected chi connectivity index (χ4v) is 3.31. The molecule has 2 aromatic carbocycles. The van der Waals surface area contributed by atoms with E-state index >= 15 is 0 Å². The topological polar surface area (TPSA) is 68.6 Å². The lowest BCUT2D eigenvalue weighted by atomic mass is 10.1. The number of aliphatic hydroxyl groups is 1. The monoisotopic (exact) mass is 477 g/mol. The van der Waals surface area contributed by atoms with Gasteiger partial charge in [0, 0.05) is 16.9 Å². The third-order valence-corrected chi connectivity index (χ3v) is 5.35. The minimum absolute atomic E-state index is 0.00853. The molecule has 0 amide bonds. The van der Waals surface area contributed by atoms with Gasteiger partial charge in [0.05, 0.1) is 18.3 Å². The molecule has 0 atom stereocenters. The lowest BCUT2D eigenvalue weighted by Gasteiger charge is -2.27. The molecule has 162 valence electrons. The largest absolute Gasteiger partial charge is 0.497 e. The predicted octanol–water partition coefficient (Wildman–Crippen LogP) is 5.43. The van der Waals surface area contributed by atoms with Crippen molar-refractivity contribution in [1.29, 1.82) is 5.41 Å². The minimum Gasteiger partial charge on any atom is -0.497 e. The average molecular weight is 478 g/mol. The van der Waals surface area contributed by atoms with Gasteiger partial charge in [-0.3, -0.25) is 15.6 Å². The van der Waals surface area contributed by atoms with Crippen LogP contribution in [0.4, 0.5) is 10.1 Å². The van der Waals surface area contributed by atoms with Crippen molar-refractivity contribution in [2.45, 2.75) is 32.6 Å². The van der Waals surface area contributed by atoms with Crippen LogP contribution in [-0.4, -0.2) is 31.3 Å². The molecule has 0 spiro atoms. The molecule has 0 unspecified atom stereocenters. The van der Waals surface area contributed by atoms with Crippen LogP contribution in [0.2, 0.25) is 0 Å². The molecule has 0 fully saturated rings. The second-order valence-corrected chi connectivity index (χ2v) is 7.72. The molecular formula is C23H29BrFN3O2. The number of nitrogens with one attached hydrogen (secondary N) is 2. The van der Waals surface area contributed by atoms with Crippen molar-refractivity contribution in [3.63, 3.8) is 0 Å². The number of aliphatic hydroxyl groups excluding tert-OH is 1. The fourth-order valence-electron chi connectivity index (χ4n) is 3.07. The molecule has 0 saturated heterocycles. The first-order valence-corrected chi connectivity index (χ1v) is 10.7. The van der Waals surface area contributed by atoms with Crippen LogP contribution in [-0.2, 0) is 0 Å². The van der Waals surface area contributed by atoms with E-state index in [1.807, 2.05) is 36.1 Å². The summed E-state index contributed by atoms with van der Waals surface area (Å²) in [5.41, 5.74) is 2.21. The van der Waals surface area contributed by atoms with E-state index in [2.05, 4.69) is 27.3 Å². The molecule has 0 aliphatic carbocycles. The van der Waals surface area contributed by atoms with E-state index in [4.69, 9.17) is 15.3 Å². The molecule has 30 heavy (non-hydrogen) atoms. The van der Waals surface area contributed by atoms with Crippen molar-refractivity contribution in [3.05, 3.63) is 70.1 Å². The second-order valence-electron chi connectivity index (χ2n) is 6.86. The number of ether oxygens (including phenoxy) is 1. The highest BCUT2D eigenvalue weighted by Crippen LogP contribution is 2.26. The third kappa shape index (κ3) is 6.93. The second kappa shape index (κ2) is 12.5. The number of nitrogens with zero attached hydrogens (tertiary/aromatic N) is 1. The maximum absolute atomic E-state index is 14.1. The van der Waals surface area contributed by atoms with Crippen LogP contribution in [0, 0.1) is 11.2 Å². The van der Waals surface area contributed by atoms with Gasteiger partial charge in [-0.15, -0.1) is 0 Å². The Morgan fingerprint density at radius 3 is 2.57 bits per heavy atom. The number of rotatable bonds is 11. The highest BCUT2D eigenvalue weighted by molar-refractivity contribution is 9.10. The Hall–Kier alpha value is -2.22. The number of allylic oxidation sites excluding steroid dienone is 2. The number of benzene rings is 2. The Morgan fingerprint density at radius 2 is 1.93 bits per heavy atom. The standard InChI is InChI=1S/C23H29BrFN3O2/c1-17(7-5-3-4-6-14-27-16-29)28(19-9-11-20(30-2)12-10-19)23(26)18-8-13-21(24)22(25)15-18/h7-13,15,26-27,29H,3-6,14,16H2,1-2H3/b17-7+,26-23?. The van der Waals surface area contributed by atoms with Gasteiger partial charge in [0.1, 0.15) is 17.4 Å². The predicted molar refractivity (Wildman–Crippen MR) is 124 cm³/mol. The molecule has 0 aliphatic heterocycles. The molecule has 3 N–H and O–H groups in total. The maximum atomic E-state index is 14.1. The van der Waals surface area contributed by atoms with Crippen LogP contribution in [0.25, 0.3) is 0 Å². The number of methoxy groups -OCH3 is 1. The van der Waals surface area contributed by atoms with E-state index in [1.165, 1.54) is 6.07 Å². The molecule has 0 radical (unpaired) electrons. The summed E-state index contributed by atoms with van der Waals surface area (Å²) in [4.78, 5) is 1.81. The third-order valence-electron chi connectivity index (χ3n) is 4.71. The van der Waals surface area contributed by atoms with Crippen molar-refractivity contribution in [1.82, 2.24) is 5.32 Å². The Morgan fingerprint density at radius 1 is 1.20 bits per heavy atom. The number of halogens is 2. The van der Waals surface area contributed by atoms with Crippen LogP contribution in [0.3, 0.4) is 0 Å². The van der Waals surface area contributed by atoms with Gasteiger partial charge in [-0.1, -0.05) is 12.5 Å². The molecule has 0 aromatic heterocycles. The van der Waals surface area contributed by atoms with Crippen molar-refractivity contribution in [2.24, 2.45) is 0 Å². The smallest absolute Gasteiger partial charge is 0.138 e. The van der Waals surface area contributed by atoms with Gasteiger partial charge < -0.3 is 9.84 Å². The molecule has 7 heteroatoms. The van der Waals surface area contributed by atoms with Crippen LogP contribution >= 0.6 is 15.9 Å². The van der Waals surface area contributed by atoms with E-state index in [0.717, 1.165) is 49.4 Å². The van der Waals surface area contributed by atoms with Gasteiger partial charge in [0.2, 0.25) is 0 Å². The Labute approximate surface area is 186 Å². The maximum Gasteiger partial charge on any atom is 0.138 e. The first kappa shape index (κ1) is 24.1. The molecule has 0 saturated carbocycles. The Kier molecular flexibility index (Phi) is 10.00. The Balaban J connectivity index is 2.20. The van der Waals surface area contributed by atoms with E-state index in [9.17, 15) is 4.39 Å². The molecule has 0 bridgehead atoms. The van der Waals surface area contributed by atoms with Crippen molar-refractivity contribution < 1.29 is 14.2 Å². The molecule has 2 rings (SSSR count). The summed E-state index contributed by atoms with van der Waals surface area (Å²) in [5.74, 6) is 0.538. The quantitative estimate of drug-likeness (QED) is 0.174. The zero-order valence-electron chi connectivity index (χ0n) is 17.4. The van der Waals surface area contributed by atoms with Crippen molar-refractivity contribution in [2.75, 3.05) is 25.3 Å². The van der Waals surface area contributed by atoms with Gasteiger partial charge in [-0.25, -0.2) is 4.39 Å². The number of hydrogen-bond donors (Lipinski definition) is 3. The van der Waals surface area contributed by atoms with E-state index < -0.39 is 5.82 Å². The minimum atomic E-state index is -0.398. The lowest BCUT2D eigenvalue weighted by Crippen LogP contribution is -2.29. The first-order chi connectivity index (χ1) is 14.5. The number of amidine groups is 1. The van der Waals surface area contributed by atoms with Crippen LogP contribution in [0.15, 0.2) is 58.7 Å². The summed E-state index contributed by atoms with van der Waals surface area (Å²) in [6, 6.07) is 12.2. The number of hydrogen-bond acceptors (Lipinski definition) is 4. The van der Waals surface area contributed by atoms with Gasteiger partial charge in [-0.2, -0.15) is 0 Å². The van der Waals surface area contributed by atoms with Gasteiger partial charge >= 0.3 is 0 Å². The molecule has 5 nitrogen and oxygen atoms in total. The summed E-state index contributed by atoms with van der Waals surface area (Å²) in [6.07, 6.45) is 6.05. The van der Waals surface area contributed by atoms with Crippen molar-refractivity contribution in [3.8, 4) is 5.75 Å². The number of anilines is 1. The summed E-state index contributed by atoms with van der Waals surface area (Å²) in [7, 11) is 1.61. The summed E-state index contributed by atoms with van der Waals surface area (Å²) in [6.45, 7) is 2.77. The fraction of sp³-hybridized carbons (Fsp3) is 0.348. The first-order valence-electron chi connectivity index (χ1n) is 9.94. The zero-order valence-corrected chi connectivity index (χ0v) is 19.0. The van der Waals surface area contributed by atoms with Gasteiger partial charge in [-0.05, 0) is 91.1 Å². The SMILES string of the molecule is COc1ccc(N(C(=N)c2ccc(Br)c(F)c2)/C(C)=C/CCCCCNCO)cc1. The highest BCUT2D eigenvalue weighted by Gasteiger charge is 2.17. The number of unbranched alkanes of at least 4 members (excludes halogenated alkanes) is 3. The normalized spacial score (nSPS) is 11.4. The van der Waals surface area contributed by atoms with E-state index in [1.54, 1.807) is 19.2 Å². The van der Waals surface area contributed by atoms with Crippen LogP contribution < -0.4 is 15.0 Å². The van der Waals surface area contributed by atoms with Crippen LogP contribution in [0.1, 0.15) is 38.2 Å². The summed E-state index contributed by atoms with van der Waals surface area (Å²) in [5, 5.41) is 20.4. The molecular weight excluding hydrogens is 449 g/mol.